The van der Waals surface area contributed by atoms with Crippen LogP contribution in [0.5, 0.6) is 0 Å². The van der Waals surface area contributed by atoms with Gasteiger partial charge in [0.15, 0.2) is 0 Å². The third-order valence-electron chi connectivity index (χ3n) is 4.23. The van der Waals surface area contributed by atoms with E-state index in [2.05, 4.69) is 5.32 Å². The predicted molar refractivity (Wildman–Crippen MR) is 98.6 cm³/mol. The molecule has 1 aromatic carbocycles. The van der Waals surface area contributed by atoms with Gasteiger partial charge in [-0.1, -0.05) is 13.8 Å². The number of rotatable bonds is 5. The van der Waals surface area contributed by atoms with Gasteiger partial charge in [0.2, 0.25) is 5.91 Å². The van der Waals surface area contributed by atoms with E-state index in [4.69, 9.17) is 0 Å². The van der Waals surface area contributed by atoms with Crippen molar-refractivity contribution in [2.75, 3.05) is 37.4 Å². The van der Waals surface area contributed by atoms with Crippen LogP contribution in [0.1, 0.15) is 49.9 Å². The second-order valence-corrected chi connectivity index (χ2v) is 7.13. The topological polar surface area (TPSA) is 52.7 Å². The molecule has 1 aromatic rings. The standard InChI is InChI=1S/C19H29N3O2/c1-14(2)12-18(23)20-15-8-9-17(21(3)4)16(13-15)19(24)22-10-6-5-7-11-22/h8-9,13-14H,5-7,10-12H2,1-4H3,(H,20,23). The monoisotopic (exact) mass is 331 g/mol. The number of amides is 2. The molecule has 132 valence electrons. The smallest absolute Gasteiger partial charge is 0.256 e. The molecule has 2 rings (SSSR count). The van der Waals surface area contributed by atoms with Crippen molar-refractivity contribution in [2.24, 2.45) is 5.92 Å². The summed E-state index contributed by atoms with van der Waals surface area (Å²) in [5.41, 5.74) is 2.23. The Labute approximate surface area is 145 Å². The van der Waals surface area contributed by atoms with Gasteiger partial charge in [-0.05, 0) is 43.4 Å². The van der Waals surface area contributed by atoms with Crippen molar-refractivity contribution in [2.45, 2.75) is 39.5 Å². The zero-order valence-corrected chi connectivity index (χ0v) is 15.3. The van der Waals surface area contributed by atoms with E-state index in [0.29, 0.717) is 23.6 Å². The Balaban J connectivity index is 2.24. The lowest BCUT2D eigenvalue weighted by Crippen LogP contribution is -2.36. The van der Waals surface area contributed by atoms with Crippen LogP contribution < -0.4 is 10.2 Å². The number of carbonyl (C=O) groups is 2. The molecular weight excluding hydrogens is 302 g/mol. The van der Waals surface area contributed by atoms with E-state index in [9.17, 15) is 9.59 Å². The van der Waals surface area contributed by atoms with Crippen LogP contribution in [-0.4, -0.2) is 43.9 Å². The van der Waals surface area contributed by atoms with Gasteiger partial charge in [0.1, 0.15) is 0 Å². The number of hydrogen-bond donors (Lipinski definition) is 1. The molecule has 1 saturated heterocycles. The third kappa shape index (κ3) is 4.73. The normalized spacial score (nSPS) is 14.6. The first-order valence-electron chi connectivity index (χ1n) is 8.79. The van der Waals surface area contributed by atoms with Gasteiger partial charge in [0.05, 0.1) is 5.56 Å². The third-order valence-corrected chi connectivity index (χ3v) is 4.23. The zero-order valence-electron chi connectivity index (χ0n) is 15.3. The fourth-order valence-electron chi connectivity index (χ4n) is 3.03. The predicted octanol–water partition coefficient (Wildman–Crippen LogP) is 3.36. The summed E-state index contributed by atoms with van der Waals surface area (Å²) in [5.74, 6) is 0.345. The number of anilines is 2. The summed E-state index contributed by atoms with van der Waals surface area (Å²) in [7, 11) is 3.86. The molecule has 24 heavy (non-hydrogen) atoms. The zero-order chi connectivity index (χ0) is 17.7. The van der Waals surface area contributed by atoms with E-state index >= 15 is 0 Å². The quantitative estimate of drug-likeness (QED) is 0.900. The lowest BCUT2D eigenvalue weighted by molar-refractivity contribution is -0.116. The van der Waals surface area contributed by atoms with E-state index in [-0.39, 0.29) is 11.8 Å². The van der Waals surface area contributed by atoms with Crippen LogP contribution in [0.15, 0.2) is 18.2 Å². The van der Waals surface area contributed by atoms with E-state index in [1.807, 2.05) is 55.9 Å². The second-order valence-electron chi connectivity index (χ2n) is 7.13. The molecule has 0 atom stereocenters. The Bertz CT molecular complexity index is 590. The van der Waals surface area contributed by atoms with Gasteiger partial charge in [0, 0.05) is 45.0 Å². The number of nitrogens with one attached hydrogen (secondary N) is 1. The number of carbonyl (C=O) groups excluding carboxylic acids is 2. The van der Waals surface area contributed by atoms with Crippen LogP contribution >= 0.6 is 0 Å². The largest absolute Gasteiger partial charge is 0.377 e. The molecule has 0 spiro atoms. The molecule has 0 aromatic heterocycles. The maximum Gasteiger partial charge on any atom is 0.256 e. The van der Waals surface area contributed by atoms with Gasteiger partial charge in [0.25, 0.3) is 5.91 Å². The van der Waals surface area contributed by atoms with Crippen molar-refractivity contribution in [1.29, 1.82) is 0 Å². The molecule has 0 radical (unpaired) electrons. The van der Waals surface area contributed by atoms with Gasteiger partial charge in [-0.25, -0.2) is 0 Å². The number of likely N-dealkylation sites (tertiary alicyclic amines) is 1. The fraction of sp³-hybridized carbons (Fsp3) is 0.579. The van der Waals surface area contributed by atoms with Gasteiger partial charge < -0.3 is 15.1 Å². The minimum atomic E-state index is -0.0148. The molecule has 1 heterocycles. The van der Waals surface area contributed by atoms with Gasteiger partial charge in [-0.3, -0.25) is 9.59 Å². The van der Waals surface area contributed by atoms with Gasteiger partial charge in [-0.2, -0.15) is 0 Å². The average Bonchev–Trinajstić information content (AvgIpc) is 2.53. The summed E-state index contributed by atoms with van der Waals surface area (Å²) >= 11 is 0. The van der Waals surface area contributed by atoms with Crippen molar-refractivity contribution in [3.8, 4) is 0 Å². The molecule has 1 aliphatic heterocycles. The summed E-state index contributed by atoms with van der Waals surface area (Å²) in [6.07, 6.45) is 3.79. The van der Waals surface area contributed by atoms with Crippen LogP contribution in [0, 0.1) is 5.92 Å². The lowest BCUT2D eigenvalue weighted by atomic mass is 10.1. The first-order chi connectivity index (χ1) is 11.4. The van der Waals surface area contributed by atoms with E-state index < -0.39 is 0 Å². The summed E-state index contributed by atoms with van der Waals surface area (Å²) in [6.45, 7) is 5.66. The highest BCUT2D eigenvalue weighted by Gasteiger charge is 2.22. The molecule has 1 aliphatic rings. The van der Waals surface area contributed by atoms with Crippen LogP contribution in [0.25, 0.3) is 0 Å². The van der Waals surface area contributed by atoms with Crippen LogP contribution in [-0.2, 0) is 4.79 Å². The molecule has 0 bridgehead atoms. The molecule has 1 fully saturated rings. The Morgan fingerprint density at radius 3 is 2.42 bits per heavy atom. The highest BCUT2D eigenvalue weighted by molar-refractivity contribution is 6.02. The average molecular weight is 331 g/mol. The van der Waals surface area contributed by atoms with Crippen molar-refractivity contribution < 1.29 is 9.59 Å². The summed E-state index contributed by atoms with van der Waals surface area (Å²) in [4.78, 5) is 28.8. The maximum atomic E-state index is 12.9. The Morgan fingerprint density at radius 1 is 1.17 bits per heavy atom. The minimum absolute atomic E-state index is 0.0148. The van der Waals surface area contributed by atoms with Crippen LogP contribution in [0.3, 0.4) is 0 Å². The number of benzene rings is 1. The first kappa shape index (κ1) is 18.3. The lowest BCUT2D eigenvalue weighted by Gasteiger charge is -2.28. The summed E-state index contributed by atoms with van der Waals surface area (Å²) in [6, 6.07) is 5.58. The maximum absolute atomic E-state index is 12.9. The molecule has 1 N–H and O–H groups in total. The van der Waals surface area contributed by atoms with Crippen LogP contribution in [0.2, 0.25) is 0 Å². The SMILES string of the molecule is CC(C)CC(=O)Nc1ccc(N(C)C)c(C(=O)N2CCCCC2)c1. The summed E-state index contributed by atoms with van der Waals surface area (Å²) in [5, 5.41) is 2.91. The Kier molecular flexibility index (Phi) is 6.23. The van der Waals surface area contributed by atoms with E-state index in [0.717, 1.165) is 31.6 Å². The highest BCUT2D eigenvalue weighted by Crippen LogP contribution is 2.26. The van der Waals surface area contributed by atoms with E-state index in [1.165, 1.54) is 6.42 Å². The van der Waals surface area contributed by atoms with Gasteiger partial charge >= 0.3 is 0 Å². The van der Waals surface area contributed by atoms with Crippen molar-refractivity contribution in [3.05, 3.63) is 23.8 Å². The number of hydrogen-bond acceptors (Lipinski definition) is 3. The van der Waals surface area contributed by atoms with Gasteiger partial charge in [-0.15, -0.1) is 0 Å². The molecule has 2 amide bonds. The Morgan fingerprint density at radius 2 is 1.83 bits per heavy atom. The van der Waals surface area contributed by atoms with Crippen molar-refractivity contribution in [1.82, 2.24) is 4.90 Å². The number of nitrogens with zero attached hydrogens (tertiary/aromatic N) is 2. The molecule has 0 saturated carbocycles. The molecule has 0 aliphatic carbocycles. The minimum Gasteiger partial charge on any atom is -0.377 e. The fourth-order valence-corrected chi connectivity index (χ4v) is 3.03. The Hall–Kier alpha value is -2.04. The molecule has 5 heteroatoms. The van der Waals surface area contributed by atoms with Crippen molar-refractivity contribution >= 4 is 23.2 Å². The van der Waals surface area contributed by atoms with E-state index in [1.54, 1.807) is 0 Å². The molecule has 5 nitrogen and oxygen atoms in total. The molecular formula is C19H29N3O2. The number of piperidine rings is 1. The highest BCUT2D eigenvalue weighted by atomic mass is 16.2. The second kappa shape index (κ2) is 8.18. The molecule has 0 unspecified atom stereocenters. The van der Waals surface area contributed by atoms with Crippen LogP contribution in [0.4, 0.5) is 11.4 Å². The summed E-state index contributed by atoms with van der Waals surface area (Å²) < 4.78 is 0. The van der Waals surface area contributed by atoms with Crippen molar-refractivity contribution in [3.63, 3.8) is 0 Å². The first-order valence-corrected chi connectivity index (χ1v) is 8.79.